The minimum absolute atomic E-state index is 0.165. The van der Waals surface area contributed by atoms with Crippen LogP contribution in [0.15, 0.2) is 12.1 Å². The maximum absolute atomic E-state index is 14.2. The van der Waals surface area contributed by atoms with Crippen LogP contribution in [0, 0.1) is 35.3 Å². The highest BCUT2D eigenvalue weighted by Gasteiger charge is 2.47. The number of ether oxygens (including phenoxy) is 2. The summed E-state index contributed by atoms with van der Waals surface area (Å²) >= 11 is 0. The molecule has 3 nitrogen and oxygen atoms in total. The van der Waals surface area contributed by atoms with Crippen molar-refractivity contribution in [3.05, 3.63) is 23.8 Å². The van der Waals surface area contributed by atoms with Gasteiger partial charge < -0.3 is 9.47 Å². The van der Waals surface area contributed by atoms with Gasteiger partial charge in [-0.25, -0.2) is 0 Å². The molecule has 0 N–H and O–H groups in total. The number of hydrogen-bond donors (Lipinski definition) is 0. The van der Waals surface area contributed by atoms with E-state index in [1.54, 1.807) is 6.92 Å². The Balaban J connectivity index is 1.62. The van der Waals surface area contributed by atoms with Crippen molar-refractivity contribution in [1.29, 1.82) is 0 Å². The first kappa shape index (κ1) is 20.1. The lowest BCUT2D eigenvalue weighted by Gasteiger charge is -2.20. The largest absolute Gasteiger partial charge is 0.491 e. The lowest BCUT2D eigenvalue weighted by Crippen LogP contribution is -2.25. The molecule has 2 fully saturated rings. The molecule has 2 aliphatic carbocycles. The maximum atomic E-state index is 14.2. The number of carbonyl (C=O) groups is 1. The molecule has 0 aromatic heterocycles. The van der Waals surface area contributed by atoms with Crippen molar-refractivity contribution in [2.45, 2.75) is 65.2 Å². The quantitative estimate of drug-likeness (QED) is 0.320. The van der Waals surface area contributed by atoms with Crippen molar-refractivity contribution < 1.29 is 23.0 Å². The van der Waals surface area contributed by atoms with E-state index in [1.807, 2.05) is 0 Å². The number of fused-ring (bicyclic) bond motifs is 1. The van der Waals surface area contributed by atoms with E-state index in [0.717, 1.165) is 19.3 Å². The Bertz CT molecular complexity index is 661. The normalized spacial score (nSPS) is 26.8. The Morgan fingerprint density at radius 1 is 1.00 bits per heavy atom. The van der Waals surface area contributed by atoms with Gasteiger partial charge in [0, 0.05) is 0 Å². The molecule has 3 rings (SSSR count). The van der Waals surface area contributed by atoms with Crippen LogP contribution in [0.3, 0.4) is 0 Å². The highest BCUT2D eigenvalue weighted by Crippen LogP contribution is 2.52. The molecule has 5 heteroatoms. The fourth-order valence-corrected chi connectivity index (χ4v) is 5.07. The molecule has 0 amide bonds. The zero-order valence-corrected chi connectivity index (χ0v) is 16.3. The molecular weight excluding hydrogens is 350 g/mol. The summed E-state index contributed by atoms with van der Waals surface area (Å²) in [6.07, 6.45) is 9.05. The zero-order chi connectivity index (χ0) is 19.4. The van der Waals surface area contributed by atoms with Gasteiger partial charge in [0.1, 0.15) is 0 Å². The number of benzene rings is 1. The van der Waals surface area contributed by atoms with Crippen LogP contribution in [0.4, 0.5) is 8.78 Å². The predicted molar refractivity (Wildman–Crippen MR) is 99.7 cm³/mol. The average molecular weight is 380 g/mol. The molecule has 27 heavy (non-hydrogen) atoms. The fraction of sp³-hybridized carbons (Fsp3) is 0.682. The summed E-state index contributed by atoms with van der Waals surface area (Å²) in [6, 6.07) is 2.58. The van der Waals surface area contributed by atoms with Crippen LogP contribution < -0.4 is 9.47 Å². The lowest BCUT2D eigenvalue weighted by molar-refractivity contribution is -0.140. The molecule has 2 aliphatic rings. The van der Waals surface area contributed by atoms with E-state index < -0.39 is 17.6 Å². The Labute approximate surface area is 160 Å². The summed E-state index contributed by atoms with van der Waals surface area (Å²) < 4.78 is 38.5. The monoisotopic (exact) mass is 380 g/mol. The minimum atomic E-state index is -1.16. The number of unbranched alkanes of at least 4 members (excludes halogenated alkanes) is 2. The van der Waals surface area contributed by atoms with E-state index in [9.17, 15) is 13.6 Å². The number of hydrogen-bond acceptors (Lipinski definition) is 3. The van der Waals surface area contributed by atoms with Gasteiger partial charge in [-0.05, 0) is 62.5 Å². The Morgan fingerprint density at radius 2 is 1.70 bits per heavy atom. The summed E-state index contributed by atoms with van der Waals surface area (Å²) in [5.41, 5.74) is 0. The van der Waals surface area contributed by atoms with Gasteiger partial charge >= 0.3 is 5.97 Å². The van der Waals surface area contributed by atoms with Gasteiger partial charge in [0.15, 0.2) is 11.5 Å². The van der Waals surface area contributed by atoms with Gasteiger partial charge in [-0.1, -0.05) is 32.6 Å². The van der Waals surface area contributed by atoms with Crippen molar-refractivity contribution in [3.8, 4) is 11.5 Å². The summed E-state index contributed by atoms with van der Waals surface area (Å²) in [5, 5.41) is 0. The SMILES string of the molecule is CCCCCC1CCC2C(C(=O)Oc3ccc(OCC)c(F)c3F)CCC12. The molecule has 0 spiro atoms. The number of esters is 1. The molecule has 0 aliphatic heterocycles. The van der Waals surface area contributed by atoms with E-state index in [1.165, 1.54) is 44.2 Å². The molecule has 4 unspecified atom stereocenters. The van der Waals surface area contributed by atoms with Crippen molar-refractivity contribution in [3.63, 3.8) is 0 Å². The summed E-state index contributed by atoms with van der Waals surface area (Å²) in [5.74, 6) is -1.77. The maximum Gasteiger partial charge on any atom is 0.314 e. The molecule has 0 radical (unpaired) electrons. The average Bonchev–Trinajstić information content (AvgIpc) is 3.24. The van der Waals surface area contributed by atoms with Crippen LogP contribution in [0.1, 0.15) is 65.2 Å². The molecular formula is C22H30F2O3. The first-order valence-electron chi connectivity index (χ1n) is 10.4. The molecule has 1 aromatic carbocycles. The van der Waals surface area contributed by atoms with Crippen LogP contribution in [0.25, 0.3) is 0 Å². The first-order valence-corrected chi connectivity index (χ1v) is 10.4. The Hall–Kier alpha value is -1.65. The third kappa shape index (κ3) is 4.27. The fourth-order valence-electron chi connectivity index (χ4n) is 5.07. The molecule has 0 saturated heterocycles. The van der Waals surface area contributed by atoms with Gasteiger partial charge in [0.2, 0.25) is 11.6 Å². The second kappa shape index (κ2) is 9.03. The zero-order valence-electron chi connectivity index (χ0n) is 16.3. The van der Waals surface area contributed by atoms with Crippen LogP contribution in [0.5, 0.6) is 11.5 Å². The Morgan fingerprint density at radius 3 is 2.44 bits per heavy atom. The molecule has 1 aromatic rings. The topological polar surface area (TPSA) is 35.5 Å². The second-order valence-electron chi connectivity index (χ2n) is 7.89. The lowest BCUT2D eigenvalue weighted by atomic mass is 9.86. The smallest absolute Gasteiger partial charge is 0.314 e. The van der Waals surface area contributed by atoms with E-state index in [0.29, 0.717) is 17.8 Å². The van der Waals surface area contributed by atoms with E-state index >= 15 is 0 Å². The van der Waals surface area contributed by atoms with Crippen LogP contribution in [0.2, 0.25) is 0 Å². The van der Waals surface area contributed by atoms with Crippen molar-refractivity contribution >= 4 is 5.97 Å². The first-order chi connectivity index (χ1) is 13.1. The van der Waals surface area contributed by atoms with Gasteiger partial charge in [-0.15, -0.1) is 0 Å². The predicted octanol–water partition coefficient (Wildman–Crippen LogP) is 5.90. The van der Waals surface area contributed by atoms with E-state index in [4.69, 9.17) is 9.47 Å². The summed E-state index contributed by atoms with van der Waals surface area (Å²) in [6.45, 7) is 4.14. The number of rotatable bonds is 8. The highest BCUT2D eigenvalue weighted by atomic mass is 19.2. The van der Waals surface area contributed by atoms with Gasteiger partial charge in [0.25, 0.3) is 0 Å². The number of halogens is 2. The summed E-state index contributed by atoms with van der Waals surface area (Å²) in [4.78, 5) is 12.7. The van der Waals surface area contributed by atoms with E-state index in [-0.39, 0.29) is 24.0 Å². The van der Waals surface area contributed by atoms with Gasteiger partial charge in [-0.2, -0.15) is 8.78 Å². The minimum Gasteiger partial charge on any atom is -0.491 e. The molecule has 4 atom stereocenters. The third-order valence-electron chi connectivity index (χ3n) is 6.36. The van der Waals surface area contributed by atoms with Gasteiger partial charge in [-0.3, -0.25) is 4.79 Å². The third-order valence-corrected chi connectivity index (χ3v) is 6.36. The van der Waals surface area contributed by atoms with Crippen molar-refractivity contribution in [1.82, 2.24) is 0 Å². The molecule has 0 heterocycles. The van der Waals surface area contributed by atoms with Crippen molar-refractivity contribution in [2.75, 3.05) is 6.61 Å². The van der Waals surface area contributed by atoms with Crippen LogP contribution >= 0.6 is 0 Å². The van der Waals surface area contributed by atoms with Crippen molar-refractivity contribution in [2.24, 2.45) is 23.7 Å². The molecule has 2 saturated carbocycles. The Kier molecular flexibility index (Phi) is 6.72. The summed E-state index contributed by atoms with van der Waals surface area (Å²) in [7, 11) is 0. The van der Waals surface area contributed by atoms with Crippen LogP contribution in [-0.4, -0.2) is 12.6 Å². The second-order valence-corrected chi connectivity index (χ2v) is 7.89. The highest BCUT2D eigenvalue weighted by molar-refractivity contribution is 5.76. The molecule has 0 bridgehead atoms. The standard InChI is InChI=1S/C22H30F2O3/c1-3-5-6-7-14-8-9-16-15(14)10-11-17(16)22(25)27-19-13-12-18(26-4-2)20(23)21(19)24/h12-17H,3-11H2,1-2H3. The molecule has 150 valence electrons. The van der Waals surface area contributed by atoms with Crippen LogP contribution in [-0.2, 0) is 4.79 Å². The van der Waals surface area contributed by atoms with E-state index in [2.05, 4.69) is 6.92 Å². The van der Waals surface area contributed by atoms with Gasteiger partial charge in [0.05, 0.1) is 12.5 Å². The number of carbonyl (C=O) groups excluding carboxylic acids is 1.